The summed E-state index contributed by atoms with van der Waals surface area (Å²) >= 11 is 1.56. The lowest BCUT2D eigenvalue weighted by Crippen LogP contribution is -2.30. The molecule has 2 aromatic heterocycles. The summed E-state index contributed by atoms with van der Waals surface area (Å²) in [6, 6.07) is 5.71. The molecule has 6 heteroatoms. The lowest BCUT2D eigenvalue weighted by molar-refractivity contribution is -0.110. The van der Waals surface area contributed by atoms with Crippen molar-refractivity contribution in [3.63, 3.8) is 0 Å². The molecule has 2 unspecified atom stereocenters. The van der Waals surface area contributed by atoms with Crippen LogP contribution in [0.3, 0.4) is 0 Å². The molecule has 1 aliphatic carbocycles. The summed E-state index contributed by atoms with van der Waals surface area (Å²) in [5.41, 5.74) is 0.425. The molecule has 106 valence electrons. The molecule has 1 amide bonds. The maximum Gasteiger partial charge on any atom is 0.207 e. The molecule has 0 aliphatic heterocycles. The number of amides is 1. The molecule has 0 aromatic carbocycles. The minimum Gasteiger partial charge on any atom is -0.347 e. The van der Waals surface area contributed by atoms with Crippen LogP contribution in [0.1, 0.15) is 34.5 Å². The van der Waals surface area contributed by atoms with Crippen LogP contribution >= 0.6 is 11.3 Å². The number of hydrogen-bond acceptors (Lipinski definition) is 5. The van der Waals surface area contributed by atoms with E-state index in [1.54, 1.807) is 17.5 Å². The van der Waals surface area contributed by atoms with Gasteiger partial charge in [-0.15, -0.1) is 33.9 Å². The summed E-state index contributed by atoms with van der Waals surface area (Å²) < 4.78 is 0. The first-order valence-corrected chi connectivity index (χ1v) is 7.50. The number of rotatable bonds is 6. The fraction of sp³-hybridized carbons (Fsp3) is 0.333. The lowest BCUT2D eigenvalue weighted by Gasteiger charge is -2.14. The van der Waals surface area contributed by atoms with Crippen LogP contribution in [-0.4, -0.2) is 21.6 Å². The summed E-state index contributed by atoms with van der Waals surface area (Å²) in [4.78, 5) is 15.3. The normalized spacial score (nSPS) is 23.3. The van der Waals surface area contributed by atoms with Crippen LogP contribution in [0.5, 0.6) is 0 Å². The summed E-state index contributed by atoms with van der Waals surface area (Å²) in [5.74, 6) is 2.74. The second kappa shape index (κ2) is 5.62. The Hall–Kier alpha value is -2.26. The van der Waals surface area contributed by atoms with Gasteiger partial charge in [-0.1, -0.05) is 6.07 Å². The highest BCUT2D eigenvalue weighted by molar-refractivity contribution is 7.11. The average Bonchev–Trinajstić information content (AvgIpc) is 3.06. The third-order valence-corrected chi connectivity index (χ3v) is 4.76. The Labute approximate surface area is 126 Å². The summed E-state index contributed by atoms with van der Waals surface area (Å²) in [6.45, 7) is 0. The van der Waals surface area contributed by atoms with Crippen LogP contribution in [0.4, 0.5) is 0 Å². The van der Waals surface area contributed by atoms with Gasteiger partial charge >= 0.3 is 0 Å². The highest BCUT2D eigenvalue weighted by atomic mass is 32.1. The van der Waals surface area contributed by atoms with Crippen LogP contribution in [0.25, 0.3) is 0 Å². The smallest absolute Gasteiger partial charge is 0.207 e. The molecule has 0 saturated heterocycles. The Bertz CT molecular complexity index is 678. The van der Waals surface area contributed by atoms with Gasteiger partial charge in [-0.25, -0.2) is 0 Å². The zero-order chi connectivity index (χ0) is 14.7. The monoisotopic (exact) mass is 298 g/mol. The van der Waals surface area contributed by atoms with E-state index in [-0.39, 0.29) is 5.92 Å². The van der Waals surface area contributed by atoms with E-state index < -0.39 is 5.54 Å². The number of terminal acetylenes is 1. The number of nitrogens with one attached hydrogen (secondary N) is 1. The second-order valence-electron chi connectivity index (χ2n) is 4.94. The molecule has 21 heavy (non-hydrogen) atoms. The first-order valence-electron chi connectivity index (χ1n) is 6.69. The van der Waals surface area contributed by atoms with Crippen molar-refractivity contribution in [2.24, 2.45) is 0 Å². The largest absolute Gasteiger partial charge is 0.347 e. The van der Waals surface area contributed by atoms with E-state index in [1.807, 2.05) is 18.2 Å². The Morgan fingerprint density at radius 3 is 3.14 bits per heavy atom. The van der Waals surface area contributed by atoms with Crippen LogP contribution in [0.15, 0.2) is 24.4 Å². The van der Waals surface area contributed by atoms with Gasteiger partial charge in [0, 0.05) is 25.0 Å². The average molecular weight is 298 g/mol. The van der Waals surface area contributed by atoms with E-state index in [1.165, 1.54) is 0 Å². The summed E-state index contributed by atoms with van der Waals surface area (Å²) in [6.07, 6.45) is 9.94. The van der Waals surface area contributed by atoms with Gasteiger partial charge in [-0.3, -0.25) is 9.78 Å². The molecule has 0 radical (unpaired) electrons. The zero-order valence-electron chi connectivity index (χ0n) is 11.3. The first-order chi connectivity index (χ1) is 10.3. The van der Waals surface area contributed by atoms with Crippen molar-refractivity contribution >= 4 is 17.7 Å². The third-order valence-electron chi connectivity index (χ3n) is 3.66. The molecule has 5 nitrogen and oxygen atoms in total. The Balaban J connectivity index is 1.82. The SMILES string of the molecule is C#CCCc1nnc(C2CC2(NC=O)c2ccccn2)s1. The van der Waals surface area contributed by atoms with Gasteiger partial charge in [-0.05, 0) is 18.6 Å². The van der Waals surface area contributed by atoms with Gasteiger partial charge in [0.2, 0.25) is 6.41 Å². The number of hydrogen-bond donors (Lipinski definition) is 1. The van der Waals surface area contributed by atoms with Crippen molar-refractivity contribution in [2.75, 3.05) is 0 Å². The molecule has 0 bridgehead atoms. The molecule has 1 fully saturated rings. The number of carbonyl (C=O) groups is 1. The van der Waals surface area contributed by atoms with Gasteiger partial charge in [0.15, 0.2) is 0 Å². The molecule has 1 aliphatic rings. The molecule has 2 heterocycles. The highest BCUT2D eigenvalue weighted by Crippen LogP contribution is 2.58. The molecule has 2 aromatic rings. The molecule has 0 spiro atoms. The number of aromatic nitrogens is 3. The van der Waals surface area contributed by atoms with Gasteiger partial charge in [-0.2, -0.15) is 0 Å². The van der Waals surface area contributed by atoms with Crippen LogP contribution < -0.4 is 5.32 Å². The predicted molar refractivity (Wildman–Crippen MR) is 79.5 cm³/mol. The fourth-order valence-electron chi connectivity index (χ4n) is 2.50. The van der Waals surface area contributed by atoms with Crippen molar-refractivity contribution < 1.29 is 4.79 Å². The van der Waals surface area contributed by atoms with E-state index >= 15 is 0 Å². The lowest BCUT2D eigenvalue weighted by atomic mass is 10.1. The van der Waals surface area contributed by atoms with E-state index in [0.717, 1.165) is 35.0 Å². The van der Waals surface area contributed by atoms with E-state index in [9.17, 15) is 4.79 Å². The number of aryl methyl sites for hydroxylation is 1. The van der Waals surface area contributed by atoms with Crippen molar-refractivity contribution in [3.05, 3.63) is 40.1 Å². The van der Waals surface area contributed by atoms with E-state index in [2.05, 4.69) is 26.4 Å². The summed E-state index contributed by atoms with van der Waals surface area (Å²) in [7, 11) is 0. The third kappa shape index (κ3) is 2.52. The van der Waals surface area contributed by atoms with Gasteiger partial charge in [0.1, 0.15) is 10.0 Å². The Morgan fingerprint density at radius 2 is 2.43 bits per heavy atom. The molecule has 2 atom stereocenters. The molecule has 3 rings (SSSR count). The van der Waals surface area contributed by atoms with E-state index in [4.69, 9.17) is 6.42 Å². The van der Waals surface area contributed by atoms with Crippen LogP contribution in [0.2, 0.25) is 0 Å². The minimum absolute atomic E-state index is 0.134. The maximum absolute atomic E-state index is 11.0. The number of carbonyl (C=O) groups excluding carboxylic acids is 1. The van der Waals surface area contributed by atoms with Crippen LogP contribution in [0, 0.1) is 12.3 Å². The summed E-state index contributed by atoms with van der Waals surface area (Å²) in [5, 5.41) is 13.2. The predicted octanol–water partition coefficient (Wildman–Crippen LogP) is 1.63. The van der Waals surface area contributed by atoms with Crippen molar-refractivity contribution in [3.8, 4) is 12.3 Å². The van der Waals surface area contributed by atoms with Crippen molar-refractivity contribution in [1.29, 1.82) is 0 Å². The van der Waals surface area contributed by atoms with E-state index in [0.29, 0.717) is 6.42 Å². The zero-order valence-corrected chi connectivity index (χ0v) is 12.1. The molecular weight excluding hydrogens is 284 g/mol. The van der Waals surface area contributed by atoms with Gasteiger partial charge in [0.05, 0.1) is 11.2 Å². The van der Waals surface area contributed by atoms with Gasteiger partial charge in [0.25, 0.3) is 0 Å². The van der Waals surface area contributed by atoms with Crippen molar-refractivity contribution in [2.45, 2.75) is 30.7 Å². The topological polar surface area (TPSA) is 67.8 Å². The van der Waals surface area contributed by atoms with Gasteiger partial charge < -0.3 is 5.32 Å². The Kier molecular flexibility index (Phi) is 3.67. The number of pyridine rings is 1. The molecular formula is C15H14N4OS. The molecule has 1 N–H and O–H groups in total. The number of nitrogens with zero attached hydrogens (tertiary/aromatic N) is 3. The fourth-order valence-corrected chi connectivity index (χ4v) is 3.53. The molecule has 1 saturated carbocycles. The second-order valence-corrected chi connectivity index (χ2v) is 6.04. The standard InChI is InChI=1S/C15H14N4OS/c1-2-3-7-13-18-19-14(21-13)11-9-15(11,17-10-20)12-6-4-5-8-16-12/h1,4-6,8,10-11H,3,7,9H2,(H,17,20). The first kappa shape index (κ1) is 13.7. The van der Waals surface area contributed by atoms with Crippen molar-refractivity contribution in [1.82, 2.24) is 20.5 Å². The minimum atomic E-state index is -0.439. The van der Waals surface area contributed by atoms with Crippen LogP contribution in [-0.2, 0) is 16.8 Å². The maximum atomic E-state index is 11.0. The quantitative estimate of drug-likeness (QED) is 0.650. The highest BCUT2D eigenvalue weighted by Gasteiger charge is 2.59. The Morgan fingerprint density at radius 1 is 1.52 bits per heavy atom.